The zero-order valence-electron chi connectivity index (χ0n) is 10.7. The minimum absolute atomic E-state index is 0.00957. The van der Waals surface area contributed by atoms with Crippen LogP contribution in [0.4, 0.5) is 0 Å². The molecule has 1 aromatic carbocycles. The van der Waals surface area contributed by atoms with Crippen molar-refractivity contribution in [3.63, 3.8) is 0 Å². The average Bonchev–Trinajstić information content (AvgIpc) is 2.70. The van der Waals surface area contributed by atoms with E-state index >= 15 is 0 Å². The molecule has 0 radical (unpaired) electrons. The van der Waals surface area contributed by atoms with Crippen LogP contribution in [0.15, 0.2) is 29.2 Å². The second kappa shape index (κ2) is 5.62. The molecule has 9 heteroatoms. The van der Waals surface area contributed by atoms with E-state index in [1.54, 1.807) is 0 Å². The molecule has 0 unspecified atom stereocenters. The predicted molar refractivity (Wildman–Crippen MR) is 67.1 cm³/mol. The van der Waals surface area contributed by atoms with Gasteiger partial charge in [0.1, 0.15) is 0 Å². The summed E-state index contributed by atoms with van der Waals surface area (Å²) in [7, 11) is -4.37. The van der Waals surface area contributed by atoms with E-state index in [9.17, 15) is 22.8 Å². The number of hydrogen-bond acceptors (Lipinski definition) is 6. The Hall–Kier alpha value is -2.26. The summed E-state index contributed by atoms with van der Waals surface area (Å²) in [5.74, 6) is -2.08. The Morgan fingerprint density at radius 3 is 2.43 bits per heavy atom. The van der Waals surface area contributed by atoms with Crippen molar-refractivity contribution in [2.24, 2.45) is 0 Å². The van der Waals surface area contributed by atoms with Crippen molar-refractivity contribution in [1.82, 2.24) is 5.06 Å². The number of carbonyl (C=O) groups excluding carboxylic acids is 3. The van der Waals surface area contributed by atoms with Crippen LogP contribution in [-0.2, 0) is 35.8 Å². The fourth-order valence-corrected chi connectivity index (χ4v) is 2.33. The number of hydroxylamine groups is 2. The molecular formula is C12H11NO7S. The largest absolute Gasteiger partial charge is 0.337 e. The number of imide groups is 1. The molecule has 0 spiro atoms. The van der Waals surface area contributed by atoms with Gasteiger partial charge in [-0.15, -0.1) is 5.06 Å². The van der Waals surface area contributed by atoms with E-state index < -0.39 is 27.9 Å². The summed E-state index contributed by atoms with van der Waals surface area (Å²) in [6.07, 6.45) is -0.366. The van der Waals surface area contributed by atoms with Crippen LogP contribution in [0.2, 0.25) is 0 Å². The highest BCUT2D eigenvalue weighted by atomic mass is 32.2. The lowest BCUT2D eigenvalue weighted by atomic mass is 10.2. The fraction of sp³-hybridized carbons (Fsp3) is 0.250. The molecule has 1 N–H and O–H groups in total. The van der Waals surface area contributed by atoms with Crippen molar-refractivity contribution in [2.75, 3.05) is 0 Å². The Balaban J connectivity index is 2.07. The summed E-state index contributed by atoms with van der Waals surface area (Å²) >= 11 is 0. The highest BCUT2D eigenvalue weighted by Crippen LogP contribution is 2.15. The van der Waals surface area contributed by atoms with E-state index in [1.807, 2.05) is 0 Å². The second-order valence-electron chi connectivity index (χ2n) is 4.34. The molecular weight excluding hydrogens is 302 g/mol. The van der Waals surface area contributed by atoms with Crippen LogP contribution in [0, 0.1) is 0 Å². The van der Waals surface area contributed by atoms with Crippen LogP contribution in [0.3, 0.4) is 0 Å². The van der Waals surface area contributed by atoms with Gasteiger partial charge in [-0.25, -0.2) is 4.79 Å². The molecule has 1 aromatic rings. The Morgan fingerprint density at radius 2 is 1.86 bits per heavy atom. The van der Waals surface area contributed by atoms with Crippen LogP contribution in [-0.4, -0.2) is 35.8 Å². The van der Waals surface area contributed by atoms with Crippen molar-refractivity contribution in [3.8, 4) is 0 Å². The van der Waals surface area contributed by atoms with Crippen molar-refractivity contribution < 1.29 is 32.2 Å². The lowest BCUT2D eigenvalue weighted by Crippen LogP contribution is -2.32. The monoisotopic (exact) mass is 313 g/mol. The highest BCUT2D eigenvalue weighted by molar-refractivity contribution is 7.85. The predicted octanol–water partition coefficient (Wildman–Crippen LogP) is 0.0830. The van der Waals surface area contributed by atoms with Crippen LogP contribution in [0.25, 0.3) is 0 Å². The molecule has 1 saturated heterocycles. The lowest BCUT2D eigenvalue weighted by Gasteiger charge is -2.12. The van der Waals surface area contributed by atoms with Crippen LogP contribution in [0.5, 0.6) is 0 Å². The maximum atomic E-state index is 11.6. The first kappa shape index (κ1) is 15.1. The normalized spacial score (nSPS) is 15.4. The molecule has 0 saturated carbocycles. The number of nitrogens with zero attached hydrogens (tertiary/aromatic N) is 1. The summed E-state index contributed by atoms with van der Waals surface area (Å²) in [4.78, 5) is 38.5. The summed E-state index contributed by atoms with van der Waals surface area (Å²) in [6.45, 7) is 0. The van der Waals surface area contributed by atoms with E-state index in [0.717, 1.165) is 12.1 Å². The van der Waals surface area contributed by atoms with Gasteiger partial charge in [0.15, 0.2) is 0 Å². The zero-order chi connectivity index (χ0) is 15.6. The number of rotatable bonds is 4. The molecule has 8 nitrogen and oxygen atoms in total. The average molecular weight is 313 g/mol. The molecule has 21 heavy (non-hydrogen) atoms. The quantitative estimate of drug-likeness (QED) is 0.617. The summed E-state index contributed by atoms with van der Waals surface area (Å²) in [6, 6.07) is 5.06. The number of amides is 2. The standard InChI is InChI=1S/C12H11NO7S/c14-10-4-5-11(15)13(10)20-12(16)7-8-2-1-3-9(6-8)21(17,18)19/h1-3,6H,4-5,7H2,(H,17,18,19). The van der Waals surface area contributed by atoms with Gasteiger partial charge in [-0.2, -0.15) is 8.42 Å². The van der Waals surface area contributed by atoms with Gasteiger partial charge in [-0.1, -0.05) is 12.1 Å². The molecule has 1 aliphatic rings. The summed E-state index contributed by atoms with van der Waals surface area (Å²) < 4.78 is 30.9. The minimum atomic E-state index is -4.37. The minimum Gasteiger partial charge on any atom is -0.330 e. The number of carbonyl (C=O) groups is 3. The van der Waals surface area contributed by atoms with E-state index in [2.05, 4.69) is 4.84 Å². The molecule has 1 heterocycles. The van der Waals surface area contributed by atoms with E-state index in [4.69, 9.17) is 4.55 Å². The fourth-order valence-electron chi connectivity index (χ4n) is 1.77. The van der Waals surface area contributed by atoms with Crippen molar-refractivity contribution >= 4 is 27.9 Å². The Kier molecular flexibility index (Phi) is 4.05. The number of benzene rings is 1. The third kappa shape index (κ3) is 3.64. The summed E-state index contributed by atoms with van der Waals surface area (Å²) in [5, 5.41) is 0.412. The van der Waals surface area contributed by atoms with Crippen LogP contribution in [0.1, 0.15) is 18.4 Å². The molecule has 1 fully saturated rings. The topological polar surface area (TPSA) is 118 Å². The third-order valence-corrected chi connectivity index (χ3v) is 3.59. The second-order valence-corrected chi connectivity index (χ2v) is 5.77. The van der Waals surface area contributed by atoms with Gasteiger partial charge in [0.2, 0.25) is 0 Å². The van der Waals surface area contributed by atoms with E-state index in [1.165, 1.54) is 12.1 Å². The Labute approximate surface area is 120 Å². The third-order valence-electron chi connectivity index (χ3n) is 2.74. The first-order valence-corrected chi connectivity index (χ1v) is 7.34. The van der Waals surface area contributed by atoms with Gasteiger partial charge in [-0.3, -0.25) is 14.1 Å². The van der Waals surface area contributed by atoms with Crippen molar-refractivity contribution in [3.05, 3.63) is 29.8 Å². The first-order chi connectivity index (χ1) is 9.77. The number of hydrogen-bond donors (Lipinski definition) is 1. The van der Waals surface area contributed by atoms with E-state index in [-0.39, 0.29) is 29.7 Å². The van der Waals surface area contributed by atoms with Crippen LogP contribution >= 0.6 is 0 Å². The van der Waals surface area contributed by atoms with Crippen molar-refractivity contribution in [2.45, 2.75) is 24.2 Å². The zero-order valence-corrected chi connectivity index (χ0v) is 11.5. The molecule has 0 aliphatic carbocycles. The van der Waals surface area contributed by atoms with Gasteiger partial charge in [-0.05, 0) is 17.7 Å². The Bertz CT molecular complexity index is 694. The van der Waals surface area contributed by atoms with Gasteiger partial charge in [0, 0.05) is 12.8 Å². The molecule has 2 amide bonds. The van der Waals surface area contributed by atoms with Gasteiger partial charge < -0.3 is 4.84 Å². The van der Waals surface area contributed by atoms with Gasteiger partial charge >= 0.3 is 5.97 Å². The molecule has 112 valence electrons. The molecule has 0 bridgehead atoms. The maximum Gasteiger partial charge on any atom is 0.337 e. The molecule has 0 atom stereocenters. The van der Waals surface area contributed by atoms with Crippen molar-refractivity contribution in [1.29, 1.82) is 0 Å². The van der Waals surface area contributed by atoms with Gasteiger partial charge in [0.25, 0.3) is 21.9 Å². The lowest BCUT2D eigenvalue weighted by molar-refractivity contribution is -0.197. The van der Waals surface area contributed by atoms with E-state index in [0.29, 0.717) is 5.06 Å². The molecule has 1 aliphatic heterocycles. The van der Waals surface area contributed by atoms with Gasteiger partial charge in [0.05, 0.1) is 11.3 Å². The molecule has 0 aromatic heterocycles. The summed E-state index contributed by atoms with van der Waals surface area (Å²) in [5.41, 5.74) is 0.259. The highest BCUT2D eigenvalue weighted by Gasteiger charge is 2.32. The first-order valence-electron chi connectivity index (χ1n) is 5.90. The smallest absolute Gasteiger partial charge is 0.330 e. The SMILES string of the molecule is O=C(Cc1cccc(S(=O)(=O)O)c1)ON1C(=O)CCC1=O. The van der Waals surface area contributed by atoms with Crippen LogP contribution < -0.4 is 0 Å². The molecule has 2 rings (SSSR count). The maximum absolute atomic E-state index is 11.6. The Morgan fingerprint density at radius 1 is 1.24 bits per heavy atom.